The lowest BCUT2D eigenvalue weighted by molar-refractivity contribution is -0.130. The number of rotatable bonds is 5. The molecule has 3 aromatic rings. The number of amides is 1. The quantitative estimate of drug-likeness (QED) is 0.571. The van der Waals surface area contributed by atoms with Crippen molar-refractivity contribution in [1.82, 2.24) is 4.90 Å². The van der Waals surface area contributed by atoms with Crippen molar-refractivity contribution in [3.05, 3.63) is 112 Å². The van der Waals surface area contributed by atoms with Crippen molar-refractivity contribution in [2.75, 3.05) is 0 Å². The molecule has 0 spiro atoms. The van der Waals surface area contributed by atoms with E-state index in [0.717, 1.165) is 23.1 Å². The van der Waals surface area contributed by atoms with Crippen molar-refractivity contribution in [3.63, 3.8) is 0 Å². The van der Waals surface area contributed by atoms with Gasteiger partial charge in [-0.2, -0.15) is 0 Å². The number of carbonyl (C=O) groups excluding carboxylic acids is 1. The van der Waals surface area contributed by atoms with Gasteiger partial charge in [-0.05, 0) is 34.7 Å². The molecule has 0 fully saturated rings. The molecule has 1 aliphatic rings. The van der Waals surface area contributed by atoms with Crippen LogP contribution in [-0.2, 0) is 17.8 Å². The van der Waals surface area contributed by atoms with Crippen LogP contribution >= 0.6 is 11.6 Å². The molecule has 146 valence electrons. The zero-order valence-corrected chi connectivity index (χ0v) is 16.9. The highest BCUT2D eigenvalue weighted by Gasteiger charge is 2.41. The van der Waals surface area contributed by atoms with E-state index < -0.39 is 0 Å². The van der Waals surface area contributed by atoms with Crippen molar-refractivity contribution in [3.8, 4) is 0 Å². The van der Waals surface area contributed by atoms with E-state index in [4.69, 9.17) is 11.6 Å². The van der Waals surface area contributed by atoms with Gasteiger partial charge in [0.25, 0.3) is 5.91 Å². The molecule has 0 saturated heterocycles. The fourth-order valence-electron chi connectivity index (χ4n) is 3.82. The number of carbonyl (C=O) groups is 1. The van der Waals surface area contributed by atoms with Gasteiger partial charge in [0.1, 0.15) is 0 Å². The number of hydrogen-bond donors (Lipinski definition) is 1. The second-order valence-electron chi connectivity index (χ2n) is 7.15. The largest absolute Gasteiger partial charge is 0.503 e. The lowest BCUT2D eigenvalue weighted by Crippen LogP contribution is -2.30. The Bertz CT molecular complexity index is 1060. The number of nitrogens with zero attached hydrogens (tertiary/aromatic N) is 1. The van der Waals surface area contributed by atoms with Gasteiger partial charge >= 0.3 is 0 Å². The van der Waals surface area contributed by atoms with E-state index in [2.05, 4.69) is 19.1 Å². The fraction of sp³-hybridized carbons (Fsp3) is 0.160. The molecule has 29 heavy (non-hydrogen) atoms. The maximum Gasteiger partial charge on any atom is 0.290 e. The van der Waals surface area contributed by atoms with E-state index in [1.165, 1.54) is 5.56 Å². The Kier molecular flexibility index (Phi) is 5.41. The van der Waals surface area contributed by atoms with Crippen molar-refractivity contribution in [2.24, 2.45) is 0 Å². The summed E-state index contributed by atoms with van der Waals surface area (Å²) in [7, 11) is 0. The van der Waals surface area contributed by atoms with Crippen LogP contribution in [0.15, 0.2) is 84.6 Å². The van der Waals surface area contributed by atoms with E-state index in [9.17, 15) is 9.90 Å². The Labute approximate surface area is 175 Å². The Morgan fingerprint density at radius 2 is 1.59 bits per heavy atom. The number of aliphatic hydroxyl groups is 1. The van der Waals surface area contributed by atoms with Crippen LogP contribution in [0.2, 0.25) is 5.02 Å². The molecule has 4 rings (SSSR count). The summed E-state index contributed by atoms with van der Waals surface area (Å²) in [6, 6.07) is 24.9. The van der Waals surface area contributed by atoms with Crippen molar-refractivity contribution in [2.45, 2.75) is 25.9 Å². The van der Waals surface area contributed by atoms with Crippen LogP contribution in [0.5, 0.6) is 0 Å². The third-order valence-corrected chi connectivity index (χ3v) is 5.76. The molecule has 0 unspecified atom stereocenters. The minimum absolute atomic E-state index is 0.201. The van der Waals surface area contributed by atoms with E-state index in [1.54, 1.807) is 4.90 Å². The van der Waals surface area contributed by atoms with Gasteiger partial charge in [0.05, 0.1) is 6.04 Å². The highest BCUT2D eigenvalue weighted by Crippen LogP contribution is 2.44. The molecule has 1 amide bonds. The maximum atomic E-state index is 13.1. The summed E-state index contributed by atoms with van der Waals surface area (Å²) in [6.45, 7) is 2.43. The SMILES string of the molecule is CCc1ccc([C@H]2C(c3ccccc3)=C(O)C(=O)N2Cc2ccccc2Cl)cc1. The molecule has 1 aliphatic heterocycles. The van der Waals surface area contributed by atoms with Crippen LogP contribution in [0.25, 0.3) is 5.57 Å². The topological polar surface area (TPSA) is 40.5 Å². The molecule has 1 N–H and O–H groups in total. The summed E-state index contributed by atoms with van der Waals surface area (Å²) in [5, 5.41) is 11.4. The monoisotopic (exact) mass is 403 g/mol. The van der Waals surface area contributed by atoms with Gasteiger partial charge in [-0.1, -0.05) is 91.3 Å². The van der Waals surface area contributed by atoms with E-state index >= 15 is 0 Å². The first-order chi connectivity index (χ1) is 14.1. The van der Waals surface area contributed by atoms with Crippen molar-refractivity contribution < 1.29 is 9.90 Å². The van der Waals surface area contributed by atoms with Crippen LogP contribution in [-0.4, -0.2) is 15.9 Å². The molecular weight excluding hydrogens is 382 g/mol. The molecule has 4 heteroatoms. The number of aliphatic hydroxyl groups excluding tert-OH is 1. The lowest BCUT2D eigenvalue weighted by atomic mass is 9.92. The molecular formula is C25H22ClNO2. The van der Waals surface area contributed by atoms with Crippen molar-refractivity contribution >= 4 is 23.1 Å². The molecule has 3 aromatic carbocycles. The maximum absolute atomic E-state index is 13.1. The molecule has 1 atom stereocenters. The minimum Gasteiger partial charge on any atom is -0.503 e. The molecule has 0 bridgehead atoms. The zero-order valence-electron chi connectivity index (χ0n) is 16.2. The van der Waals surface area contributed by atoms with Gasteiger partial charge in [-0.25, -0.2) is 0 Å². The van der Waals surface area contributed by atoms with E-state index in [1.807, 2.05) is 66.7 Å². The molecule has 0 aliphatic carbocycles. The van der Waals surface area contributed by atoms with Gasteiger partial charge in [0.2, 0.25) is 0 Å². The average molecular weight is 404 g/mol. The van der Waals surface area contributed by atoms with Gasteiger partial charge in [0, 0.05) is 17.1 Å². The third-order valence-electron chi connectivity index (χ3n) is 5.39. The Balaban J connectivity index is 1.81. The number of benzene rings is 3. The predicted molar refractivity (Wildman–Crippen MR) is 117 cm³/mol. The van der Waals surface area contributed by atoms with Crippen LogP contribution in [0.1, 0.15) is 35.2 Å². The van der Waals surface area contributed by atoms with Crippen LogP contribution in [0.4, 0.5) is 0 Å². The molecule has 0 radical (unpaired) electrons. The van der Waals surface area contributed by atoms with E-state index in [0.29, 0.717) is 17.1 Å². The summed E-state index contributed by atoms with van der Waals surface area (Å²) in [5.74, 6) is -0.582. The lowest BCUT2D eigenvalue weighted by Gasteiger charge is -2.28. The van der Waals surface area contributed by atoms with Gasteiger partial charge in [0.15, 0.2) is 5.76 Å². The standard InChI is InChI=1S/C25H22ClNO2/c1-2-17-12-14-19(15-13-17)23-22(18-8-4-3-5-9-18)24(28)25(29)27(23)16-20-10-6-7-11-21(20)26/h3-15,23,28H,2,16H2,1H3/t23-/m0/s1. The number of aryl methyl sites for hydroxylation is 1. The number of halogens is 1. The van der Waals surface area contributed by atoms with Gasteiger partial charge in [-0.15, -0.1) is 0 Å². The Morgan fingerprint density at radius 1 is 0.931 bits per heavy atom. The Morgan fingerprint density at radius 3 is 2.24 bits per heavy atom. The minimum atomic E-state index is -0.382. The first-order valence-corrected chi connectivity index (χ1v) is 10.1. The van der Waals surface area contributed by atoms with Crippen LogP contribution in [0.3, 0.4) is 0 Å². The average Bonchev–Trinajstić information content (AvgIpc) is 3.01. The molecule has 0 saturated carbocycles. The highest BCUT2D eigenvalue weighted by atomic mass is 35.5. The highest BCUT2D eigenvalue weighted by molar-refractivity contribution is 6.31. The smallest absolute Gasteiger partial charge is 0.290 e. The summed E-state index contributed by atoms with van der Waals surface area (Å²) in [6.07, 6.45) is 0.944. The third kappa shape index (κ3) is 3.66. The summed E-state index contributed by atoms with van der Waals surface area (Å²) >= 11 is 6.36. The molecule has 1 heterocycles. The summed E-state index contributed by atoms with van der Waals surface area (Å²) in [5.41, 5.74) is 4.51. The second-order valence-corrected chi connectivity index (χ2v) is 7.56. The zero-order chi connectivity index (χ0) is 20.4. The van der Waals surface area contributed by atoms with Crippen LogP contribution in [0, 0.1) is 0 Å². The summed E-state index contributed by atoms with van der Waals surface area (Å²) in [4.78, 5) is 14.8. The Hall–Kier alpha value is -3.04. The number of hydrogen-bond acceptors (Lipinski definition) is 2. The fourth-order valence-corrected chi connectivity index (χ4v) is 4.02. The first kappa shape index (κ1) is 19.3. The molecule has 0 aromatic heterocycles. The normalized spacial score (nSPS) is 16.6. The van der Waals surface area contributed by atoms with Gasteiger partial charge in [-0.3, -0.25) is 4.79 Å². The van der Waals surface area contributed by atoms with Crippen LogP contribution < -0.4 is 0 Å². The predicted octanol–water partition coefficient (Wildman–Crippen LogP) is 5.96. The first-order valence-electron chi connectivity index (χ1n) is 9.72. The van der Waals surface area contributed by atoms with Gasteiger partial charge < -0.3 is 10.0 Å². The van der Waals surface area contributed by atoms with E-state index in [-0.39, 0.29) is 17.7 Å². The second kappa shape index (κ2) is 8.14. The summed E-state index contributed by atoms with van der Waals surface area (Å²) < 4.78 is 0. The molecule has 3 nitrogen and oxygen atoms in total. The van der Waals surface area contributed by atoms with Crippen molar-refractivity contribution in [1.29, 1.82) is 0 Å².